The summed E-state index contributed by atoms with van der Waals surface area (Å²) in [4.78, 5) is 42.3. The maximum Gasteiger partial charge on any atom is 0.252 e. The van der Waals surface area contributed by atoms with Crippen molar-refractivity contribution >= 4 is 17.7 Å². The minimum atomic E-state index is -0.610. The van der Waals surface area contributed by atoms with Crippen LogP contribution in [-0.4, -0.2) is 66.9 Å². The van der Waals surface area contributed by atoms with Gasteiger partial charge in [-0.2, -0.15) is 0 Å². The van der Waals surface area contributed by atoms with Crippen molar-refractivity contribution in [2.75, 3.05) is 33.3 Å². The number of carbonyl (C=O) groups excluding carboxylic acids is 3. The monoisotopic (exact) mass is 431 g/mol. The highest BCUT2D eigenvalue weighted by Crippen LogP contribution is 2.24. The Morgan fingerprint density at radius 3 is 2.35 bits per heavy atom. The van der Waals surface area contributed by atoms with Crippen LogP contribution in [0.25, 0.3) is 0 Å². The highest BCUT2D eigenvalue weighted by Gasteiger charge is 2.35. The summed E-state index contributed by atoms with van der Waals surface area (Å²) in [6.07, 6.45) is 1.93. The summed E-state index contributed by atoms with van der Waals surface area (Å²) in [5.41, 5.74) is 0.459. The predicted molar refractivity (Wildman–Crippen MR) is 121 cm³/mol. The van der Waals surface area contributed by atoms with E-state index in [9.17, 15) is 14.4 Å². The van der Waals surface area contributed by atoms with E-state index in [1.165, 1.54) is 0 Å². The van der Waals surface area contributed by atoms with Crippen LogP contribution in [0, 0.1) is 11.8 Å². The SMILES string of the molecule is CCN(CC)C(=O)C(NC(=O)c1cccc(OC)c1)C1CCN(C(=O)CC(C)C)CC1. The highest BCUT2D eigenvalue weighted by atomic mass is 16.5. The van der Waals surface area contributed by atoms with Gasteiger partial charge in [-0.15, -0.1) is 0 Å². The normalized spacial score (nSPS) is 15.5. The van der Waals surface area contributed by atoms with Gasteiger partial charge in [0.2, 0.25) is 11.8 Å². The molecule has 1 aromatic rings. The highest BCUT2D eigenvalue weighted by molar-refractivity contribution is 5.98. The van der Waals surface area contributed by atoms with E-state index in [1.54, 1.807) is 36.3 Å². The van der Waals surface area contributed by atoms with Gasteiger partial charge < -0.3 is 19.9 Å². The molecule has 172 valence electrons. The zero-order valence-corrected chi connectivity index (χ0v) is 19.5. The van der Waals surface area contributed by atoms with Gasteiger partial charge in [0.1, 0.15) is 11.8 Å². The van der Waals surface area contributed by atoms with E-state index in [-0.39, 0.29) is 23.6 Å². The van der Waals surface area contributed by atoms with Crippen LogP contribution in [0.3, 0.4) is 0 Å². The first-order chi connectivity index (χ1) is 14.8. The molecule has 0 bridgehead atoms. The van der Waals surface area contributed by atoms with Gasteiger partial charge in [-0.05, 0) is 56.7 Å². The molecule has 0 aliphatic carbocycles. The Bertz CT molecular complexity index is 753. The second-order valence-corrected chi connectivity index (χ2v) is 8.51. The van der Waals surface area contributed by atoms with Crippen LogP contribution in [-0.2, 0) is 9.59 Å². The lowest BCUT2D eigenvalue weighted by Gasteiger charge is -2.37. The van der Waals surface area contributed by atoms with E-state index in [1.807, 2.05) is 32.6 Å². The standard InChI is InChI=1S/C24H37N3O4/c1-6-26(7-2)24(30)22(25-23(29)19-9-8-10-20(16-19)31-5)18-11-13-27(14-12-18)21(28)15-17(3)4/h8-10,16-18,22H,6-7,11-15H2,1-5H3,(H,25,29). The number of likely N-dealkylation sites (N-methyl/N-ethyl adjacent to an activating group) is 1. The van der Waals surface area contributed by atoms with Gasteiger partial charge in [0.15, 0.2) is 0 Å². The van der Waals surface area contributed by atoms with Gasteiger partial charge in [0.05, 0.1) is 7.11 Å². The quantitative estimate of drug-likeness (QED) is 0.652. The molecule has 1 aliphatic rings. The third-order valence-electron chi connectivity index (χ3n) is 5.91. The summed E-state index contributed by atoms with van der Waals surface area (Å²) in [7, 11) is 1.55. The molecule has 3 amide bonds. The lowest BCUT2D eigenvalue weighted by atomic mass is 9.87. The Morgan fingerprint density at radius 2 is 1.81 bits per heavy atom. The third-order valence-corrected chi connectivity index (χ3v) is 5.91. The first kappa shape index (κ1) is 24.7. The lowest BCUT2D eigenvalue weighted by molar-refractivity contribution is -0.136. The molecule has 1 saturated heterocycles. The number of hydrogen-bond donors (Lipinski definition) is 1. The van der Waals surface area contributed by atoms with E-state index < -0.39 is 6.04 Å². The maximum absolute atomic E-state index is 13.3. The van der Waals surface area contributed by atoms with Crippen LogP contribution in [0.4, 0.5) is 0 Å². The molecule has 0 radical (unpaired) electrons. The van der Waals surface area contributed by atoms with E-state index in [0.29, 0.717) is 62.7 Å². The van der Waals surface area contributed by atoms with E-state index in [2.05, 4.69) is 5.32 Å². The Balaban J connectivity index is 2.15. The molecule has 31 heavy (non-hydrogen) atoms. The molecule has 0 saturated carbocycles. The van der Waals surface area contributed by atoms with E-state index in [0.717, 1.165) is 0 Å². The molecule has 1 unspecified atom stereocenters. The summed E-state index contributed by atoms with van der Waals surface area (Å²) in [5, 5.41) is 2.99. The predicted octanol–water partition coefficient (Wildman–Crippen LogP) is 2.95. The van der Waals surface area contributed by atoms with Crippen molar-refractivity contribution in [1.29, 1.82) is 0 Å². The largest absolute Gasteiger partial charge is 0.497 e. The number of methoxy groups -OCH3 is 1. The molecule has 1 aromatic carbocycles. The maximum atomic E-state index is 13.3. The van der Waals surface area contributed by atoms with Crippen molar-refractivity contribution in [3.8, 4) is 5.75 Å². The number of likely N-dealkylation sites (tertiary alicyclic amines) is 1. The van der Waals surface area contributed by atoms with Crippen LogP contribution in [0.2, 0.25) is 0 Å². The summed E-state index contributed by atoms with van der Waals surface area (Å²) < 4.78 is 5.22. The number of ether oxygens (including phenoxy) is 1. The number of hydrogen-bond acceptors (Lipinski definition) is 4. The fraction of sp³-hybridized carbons (Fsp3) is 0.625. The van der Waals surface area contributed by atoms with Gasteiger partial charge in [0.25, 0.3) is 5.91 Å². The minimum absolute atomic E-state index is 0.00856. The van der Waals surface area contributed by atoms with Crippen molar-refractivity contribution < 1.29 is 19.1 Å². The van der Waals surface area contributed by atoms with Gasteiger partial charge in [-0.25, -0.2) is 0 Å². The number of amides is 3. The number of nitrogens with zero attached hydrogens (tertiary/aromatic N) is 2. The number of benzene rings is 1. The van der Waals surface area contributed by atoms with Crippen molar-refractivity contribution in [2.24, 2.45) is 11.8 Å². The molecule has 0 spiro atoms. The lowest BCUT2D eigenvalue weighted by Crippen LogP contribution is -2.54. The molecular weight excluding hydrogens is 394 g/mol. The second-order valence-electron chi connectivity index (χ2n) is 8.51. The van der Waals surface area contributed by atoms with Gasteiger partial charge in [0, 0.05) is 38.2 Å². The van der Waals surface area contributed by atoms with Gasteiger partial charge in [-0.1, -0.05) is 19.9 Å². The molecule has 1 atom stereocenters. The summed E-state index contributed by atoms with van der Waals surface area (Å²) >= 11 is 0. The number of piperidine rings is 1. The van der Waals surface area contributed by atoms with Crippen LogP contribution in [0.5, 0.6) is 5.75 Å². The summed E-state index contributed by atoms with van der Waals surface area (Å²) in [6.45, 7) is 10.4. The third kappa shape index (κ3) is 6.71. The molecule has 0 aromatic heterocycles. The zero-order valence-electron chi connectivity index (χ0n) is 19.5. The molecule has 1 aliphatic heterocycles. The first-order valence-electron chi connectivity index (χ1n) is 11.3. The van der Waals surface area contributed by atoms with Crippen LogP contribution in [0.15, 0.2) is 24.3 Å². The Morgan fingerprint density at radius 1 is 1.16 bits per heavy atom. The molecular formula is C24H37N3O4. The van der Waals surface area contributed by atoms with Crippen molar-refractivity contribution in [3.63, 3.8) is 0 Å². The zero-order chi connectivity index (χ0) is 23.0. The average Bonchev–Trinajstić information content (AvgIpc) is 2.77. The summed E-state index contributed by atoms with van der Waals surface area (Å²) in [5.74, 6) is 0.725. The molecule has 7 heteroatoms. The molecule has 1 N–H and O–H groups in total. The number of nitrogens with one attached hydrogen (secondary N) is 1. The minimum Gasteiger partial charge on any atom is -0.497 e. The fourth-order valence-corrected chi connectivity index (χ4v) is 4.06. The van der Waals surface area contributed by atoms with E-state index in [4.69, 9.17) is 4.74 Å². The Hall–Kier alpha value is -2.57. The Labute approximate surface area is 186 Å². The number of carbonyl (C=O) groups is 3. The van der Waals surface area contributed by atoms with Gasteiger partial charge >= 0.3 is 0 Å². The topological polar surface area (TPSA) is 79.0 Å². The fourth-order valence-electron chi connectivity index (χ4n) is 4.06. The van der Waals surface area contributed by atoms with Gasteiger partial charge in [-0.3, -0.25) is 14.4 Å². The molecule has 1 fully saturated rings. The average molecular weight is 432 g/mol. The van der Waals surface area contributed by atoms with Crippen molar-refractivity contribution in [3.05, 3.63) is 29.8 Å². The molecule has 2 rings (SSSR count). The van der Waals surface area contributed by atoms with Crippen LogP contribution < -0.4 is 10.1 Å². The first-order valence-corrected chi connectivity index (χ1v) is 11.3. The van der Waals surface area contributed by atoms with Crippen LogP contribution in [0.1, 0.15) is 57.3 Å². The molecule has 1 heterocycles. The van der Waals surface area contributed by atoms with E-state index >= 15 is 0 Å². The second kappa shape index (κ2) is 11.7. The van der Waals surface area contributed by atoms with Crippen LogP contribution >= 0.6 is 0 Å². The molecule has 7 nitrogen and oxygen atoms in total. The summed E-state index contributed by atoms with van der Waals surface area (Å²) in [6, 6.07) is 6.30. The van der Waals surface area contributed by atoms with Crippen molar-refractivity contribution in [2.45, 2.75) is 53.0 Å². The smallest absolute Gasteiger partial charge is 0.252 e. The Kier molecular flexibility index (Phi) is 9.34. The van der Waals surface area contributed by atoms with Crippen molar-refractivity contribution in [1.82, 2.24) is 15.1 Å². The number of rotatable bonds is 9.